The van der Waals surface area contributed by atoms with Gasteiger partial charge in [0.1, 0.15) is 29.9 Å². The van der Waals surface area contributed by atoms with Crippen LogP contribution >= 0.6 is 0 Å². The van der Waals surface area contributed by atoms with Crippen molar-refractivity contribution in [3.63, 3.8) is 0 Å². The zero-order valence-corrected chi connectivity index (χ0v) is 30.4. The maximum atomic E-state index is 15.2. The summed E-state index contributed by atoms with van der Waals surface area (Å²) >= 11 is 0. The van der Waals surface area contributed by atoms with Gasteiger partial charge in [-0.05, 0) is 41.8 Å². The van der Waals surface area contributed by atoms with Crippen molar-refractivity contribution in [2.24, 2.45) is 5.92 Å². The van der Waals surface area contributed by atoms with Crippen LogP contribution in [-0.2, 0) is 32.6 Å². The molecule has 13 heteroatoms. The molecule has 0 aromatic heterocycles. The lowest BCUT2D eigenvalue weighted by atomic mass is 10.0. The van der Waals surface area contributed by atoms with Crippen molar-refractivity contribution in [3.05, 3.63) is 108 Å². The third-order valence-electron chi connectivity index (χ3n) is 8.13. The van der Waals surface area contributed by atoms with E-state index in [-0.39, 0.29) is 46.5 Å². The summed E-state index contributed by atoms with van der Waals surface area (Å²) in [4.78, 5) is 29.8. The molecule has 2 amide bonds. The third kappa shape index (κ3) is 9.48. The Kier molecular flexibility index (Phi) is 13.3. The Morgan fingerprint density at radius 3 is 2.06 bits per heavy atom. The molecular weight excluding hydrogens is 677 g/mol. The maximum Gasteiger partial charge on any atom is 0.265 e. The Labute approximate surface area is 298 Å². The molecule has 1 unspecified atom stereocenters. The van der Waals surface area contributed by atoms with E-state index >= 15 is 4.39 Å². The number of amides is 2. The van der Waals surface area contributed by atoms with Gasteiger partial charge in [0.25, 0.3) is 10.0 Å². The third-order valence-corrected chi connectivity index (χ3v) is 9.89. The van der Waals surface area contributed by atoms with Crippen molar-refractivity contribution in [3.8, 4) is 23.0 Å². The fraction of sp³-hybridized carbons (Fsp3) is 0.316. The summed E-state index contributed by atoms with van der Waals surface area (Å²) in [5.74, 6) is -0.852. The molecule has 0 aliphatic heterocycles. The van der Waals surface area contributed by atoms with E-state index in [9.17, 15) is 18.0 Å². The first kappa shape index (κ1) is 38.5. The number of halogens is 1. The number of hydrogen-bond donors (Lipinski definition) is 1. The van der Waals surface area contributed by atoms with Crippen molar-refractivity contribution >= 4 is 27.5 Å². The molecule has 0 radical (unpaired) electrons. The molecular formula is C38H44FN3O8S. The van der Waals surface area contributed by atoms with Gasteiger partial charge in [-0.2, -0.15) is 0 Å². The molecule has 1 N–H and O–H groups in total. The second-order valence-electron chi connectivity index (χ2n) is 12.0. The summed E-state index contributed by atoms with van der Waals surface area (Å²) in [6.07, 6.45) is 0.0792. The lowest BCUT2D eigenvalue weighted by Crippen LogP contribution is -2.53. The van der Waals surface area contributed by atoms with Crippen molar-refractivity contribution < 1.29 is 41.3 Å². The number of ether oxygens (including phenoxy) is 4. The first-order chi connectivity index (χ1) is 24.4. The number of benzene rings is 4. The average Bonchev–Trinajstić information content (AvgIpc) is 3.14. The number of hydrogen-bond acceptors (Lipinski definition) is 8. The Morgan fingerprint density at radius 1 is 0.784 bits per heavy atom. The van der Waals surface area contributed by atoms with E-state index in [0.29, 0.717) is 18.0 Å². The highest BCUT2D eigenvalue weighted by Gasteiger charge is 2.36. The van der Waals surface area contributed by atoms with E-state index in [4.69, 9.17) is 18.9 Å². The van der Waals surface area contributed by atoms with E-state index < -0.39 is 40.2 Å². The van der Waals surface area contributed by atoms with E-state index in [1.807, 2.05) is 44.2 Å². The lowest BCUT2D eigenvalue weighted by Gasteiger charge is -2.34. The predicted molar refractivity (Wildman–Crippen MR) is 192 cm³/mol. The Hall–Kier alpha value is -5.30. The number of carbonyl (C=O) groups excluding carboxylic acids is 2. The molecule has 11 nitrogen and oxygen atoms in total. The molecule has 0 spiro atoms. The highest BCUT2D eigenvalue weighted by molar-refractivity contribution is 7.92. The first-order valence-electron chi connectivity index (χ1n) is 16.2. The minimum Gasteiger partial charge on any atom is -0.497 e. The zero-order chi connectivity index (χ0) is 37.1. The summed E-state index contributed by atoms with van der Waals surface area (Å²) in [6.45, 7) is 3.09. The molecule has 4 aromatic carbocycles. The number of methoxy groups -OCH3 is 4. The topological polar surface area (TPSA) is 124 Å². The van der Waals surface area contributed by atoms with Crippen molar-refractivity contribution in [2.75, 3.05) is 45.8 Å². The van der Waals surface area contributed by atoms with Crippen LogP contribution in [0.5, 0.6) is 23.0 Å². The second-order valence-corrected chi connectivity index (χ2v) is 13.9. The summed E-state index contributed by atoms with van der Waals surface area (Å²) in [5.41, 5.74) is 0.890. The molecule has 1 atom stereocenters. The molecule has 4 rings (SSSR count). The van der Waals surface area contributed by atoms with Crippen LogP contribution < -0.4 is 28.6 Å². The highest BCUT2D eigenvalue weighted by Crippen LogP contribution is 2.38. The molecule has 0 fully saturated rings. The number of rotatable bonds is 17. The van der Waals surface area contributed by atoms with E-state index in [1.165, 1.54) is 81.9 Å². The zero-order valence-electron chi connectivity index (χ0n) is 29.6. The summed E-state index contributed by atoms with van der Waals surface area (Å²) in [6, 6.07) is 22.5. The molecule has 0 bridgehead atoms. The Bertz CT molecular complexity index is 1910. The molecule has 0 aliphatic carbocycles. The van der Waals surface area contributed by atoms with Crippen LogP contribution in [0.25, 0.3) is 0 Å². The van der Waals surface area contributed by atoms with Crippen LogP contribution in [0.1, 0.15) is 25.0 Å². The number of anilines is 1. The summed E-state index contributed by atoms with van der Waals surface area (Å²) in [5, 5.41) is 2.92. The van der Waals surface area contributed by atoms with Crippen LogP contribution in [0, 0.1) is 11.7 Å². The highest BCUT2D eigenvalue weighted by atomic mass is 32.2. The number of nitrogens with one attached hydrogen (secondary N) is 1. The van der Waals surface area contributed by atoms with Crippen LogP contribution in [0.15, 0.2) is 95.9 Å². The molecule has 0 heterocycles. The minimum absolute atomic E-state index is 0.00491. The molecule has 4 aromatic rings. The van der Waals surface area contributed by atoms with Crippen molar-refractivity contribution in [1.29, 1.82) is 0 Å². The fourth-order valence-corrected chi connectivity index (χ4v) is 6.83. The van der Waals surface area contributed by atoms with Crippen LogP contribution in [-0.4, -0.2) is 72.7 Å². The summed E-state index contributed by atoms with van der Waals surface area (Å²) < 4.78 is 67.0. The van der Waals surface area contributed by atoms with Gasteiger partial charge >= 0.3 is 0 Å². The van der Waals surface area contributed by atoms with Gasteiger partial charge in [-0.15, -0.1) is 0 Å². The van der Waals surface area contributed by atoms with Crippen molar-refractivity contribution in [1.82, 2.24) is 10.2 Å². The SMILES string of the molecule is COc1ccc(OC)c(N(CC(=O)N(Cc2ccccc2F)C(Cc2ccccc2)C(=O)NCC(C)C)S(=O)(=O)c2ccc(OC)c(OC)c2)c1. The largest absolute Gasteiger partial charge is 0.497 e. The molecule has 0 saturated heterocycles. The van der Waals surface area contributed by atoms with Gasteiger partial charge in [-0.1, -0.05) is 62.4 Å². The number of carbonyl (C=O) groups is 2. The van der Waals surface area contributed by atoms with Gasteiger partial charge < -0.3 is 29.2 Å². The lowest BCUT2D eigenvalue weighted by molar-refractivity contribution is -0.140. The maximum absolute atomic E-state index is 15.2. The van der Waals surface area contributed by atoms with E-state index in [2.05, 4.69) is 5.32 Å². The van der Waals surface area contributed by atoms with Gasteiger partial charge in [0, 0.05) is 37.2 Å². The Balaban J connectivity index is 1.90. The first-order valence-corrected chi connectivity index (χ1v) is 17.7. The van der Waals surface area contributed by atoms with Crippen LogP contribution in [0.3, 0.4) is 0 Å². The summed E-state index contributed by atoms with van der Waals surface area (Å²) in [7, 11) is 1.02. The smallest absolute Gasteiger partial charge is 0.265 e. The van der Waals surface area contributed by atoms with Crippen LogP contribution in [0.2, 0.25) is 0 Å². The van der Waals surface area contributed by atoms with Crippen LogP contribution in [0.4, 0.5) is 10.1 Å². The average molecular weight is 722 g/mol. The number of sulfonamides is 1. The fourth-order valence-electron chi connectivity index (χ4n) is 5.40. The van der Waals surface area contributed by atoms with Gasteiger partial charge in [0.05, 0.1) is 39.0 Å². The van der Waals surface area contributed by atoms with E-state index in [1.54, 1.807) is 12.1 Å². The van der Waals surface area contributed by atoms with E-state index in [0.717, 1.165) is 9.87 Å². The van der Waals surface area contributed by atoms with Gasteiger partial charge in [-0.3, -0.25) is 13.9 Å². The molecule has 272 valence electrons. The Morgan fingerprint density at radius 2 is 1.43 bits per heavy atom. The quantitative estimate of drug-likeness (QED) is 0.152. The second kappa shape index (κ2) is 17.6. The number of nitrogens with zero attached hydrogens (tertiary/aromatic N) is 2. The molecule has 0 saturated carbocycles. The molecule has 51 heavy (non-hydrogen) atoms. The van der Waals surface area contributed by atoms with Crippen molar-refractivity contribution in [2.45, 2.75) is 37.8 Å². The predicted octanol–water partition coefficient (Wildman–Crippen LogP) is 5.47. The van der Waals surface area contributed by atoms with Gasteiger partial charge in [0.2, 0.25) is 11.8 Å². The minimum atomic E-state index is -4.57. The van der Waals surface area contributed by atoms with Gasteiger partial charge in [0.15, 0.2) is 11.5 Å². The normalized spacial score (nSPS) is 11.8. The molecule has 0 aliphatic rings. The standard InChI is InChI=1S/C38H44FN3O8S/c1-26(2)23-40-38(44)33(20-27-12-8-7-9-13-27)41(24-28-14-10-11-15-31(28)39)37(43)25-42(32-21-29(47-3)16-18-34(32)48-4)51(45,46)30-17-19-35(49-5)36(22-30)50-6/h7-19,21-22,26,33H,20,23-25H2,1-6H3,(H,40,44). The van der Waals surface area contributed by atoms with Gasteiger partial charge in [-0.25, -0.2) is 12.8 Å². The monoisotopic (exact) mass is 721 g/mol.